The van der Waals surface area contributed by atoms with Crippen LogP contribution in [0.2, 0.25) is 0 Å². The van der Waals surface area contributed by atoms with E-state index in [0.717, 1.165) is 12.8 Å². The molecule has 0 bridgehead atoms. The summed E-state index contributed by atoms with van der Waals surface area (Å²) < 4.78 is 16.7. The largest absolute Gasteiger partial charge is 0.469 e. The number of imide groups is 1. The van der Waals surface area contributed by atoms with Crippen molar-refractivity contribution < 1.29 is 28.3 Å². The highest BCUT2D eigenvalue weighted by Gasteiger charge is 2.37. The first kappa shape index (κ1) is 21.0. The van der Waals surface area contributed by atoms with Crippen LogP contribution in [-0.2, 0) is 4.74 Å². The van der Waals surface area contributed by atoms with Gasteiger partial charge in [0.25, 0.3) is 17.7 Å². The monoisotopic (exact) mass is 446 g/mol. The molecule has 2 aliphatic heterocycles. The zero-order chi connectivity index (χ0) is 22.9. The lowest BCUT2D eigenvalue weighted by Crippen LogP contribution is -2.36. The van der Waals surface area contributed by atoms with E-state index in [9.17, 15) is 14.4 Å². The van der Waals surface area contributed by atoms with Crippen LogP contribution in [0, 0.1) is 6.92 Å². The highest BCUT2D eigenvalue weighted by molar-refractivity contribution is 6.21. The van der Waals surface area contributed by atoms with Crippen LogP contribution >= 0.6 is 0 Å². The van der Waals surface area contributed by atoms with Crippen molar-refractivity contribution in [1.29, 1.82) is 0 Å². The van der Waals surface area contributed by atoms with Crippen molar-refractivity contribution in [3.8, 4) is 11.5 Å². The number of aryl methyl sites for hydroxylation is 1. The number of ether oxygens (including phenoxy) is 2. The van der Waals surface area contributed by atoms with E-state index in [1.165, 1.54) is 11.2 Å². The lowest BCUT2D eigenvalue weighted by Gasteiger charge is -2.17. The molecule has 0 spiro atoms. The van der Waals surface area contributed by atoms with Gasteiger partial charge in [-0.15, -0.1) is 0 Å². The Bertz CT molecular complexity index is 1240. The second-order valence-corrected chi connectivity index (χ2v) is 8.04. The highest BCUT2D eigenvalue weighted by atomic mass is 16.5. The third kappa shape index (κ3) is 4.12. The van der Waals surface area contributed by atoms with E-state index in [0.29, 0.717) is 46.2 Å². The zero-order valence-electron chi connectivity index (χ0n) is 18.0. The van der Waals surface area contributed by atoms with Gasteiger partial charge in [0.05, 0.1) is 35.6 Å². The second-order valence-electron chi connectivity index (χ2n) is 8.04. The van der Waals surface area contributed by atoms with E-state index in [-0.39, 0.29) is 30.4 Å². The second kappa shape index (κ2) is 8.55. The number of hydrogen-bond donors (Lipinski definition) is 1. The minimum Gasteiger partial charge on any atom is -0.469 e. The maximum Gasteiger partial charge on any atom is 0.261 e. The number of anilines is 1. The number of hydrogen-bond acceptors (Lipinski definition) is 6. The van der Waals surface area contributed by atoms with Gasteiger partial charge in [0, 0.05) is 18.4 Å². The van der Waals surface area contributed by atoms with Gasteiger partial charge in [-0.25, -0.2) is 0 Å². The molecule has 1 saturated heterocycles. The van der Waals surface area contributed by atoms with Gasteiger partial charge in [-0.3, -0.25) is 19.3 Å². The molecular formula is C25H22N2O6. The van der Waals surface area contributed by atoms with E-state index in [2.05, 4.69) is 5.32 Å². The molecule has 8 heteroatoms. The molecular weight excluding hydrogens is 424 g/mol. The number of nitrogens with zero attached hydrogens (tertiary/aromatic N) is 1. The van der Waals surface area contributed by atoms with Crippen LogP contribution in [0.4, 0.5) is 5.69 Å². The molecule has 5 rings (SSSR count). The molecule has 33 heavy (non-hydrogen) atoms. The van der Waals surface area contributed by atoms with Crippen molar-refractivity contribution in [2.45, 2.75) is 25.9 Å². The third-order valence-electron chi connectivity index (χ3n) is 5.78. The number of carbonyl (C=O) groups excluding carboxylic acids is 3. The topological polar surface area (TPSA) is 98.1 Å². The van der Waals surface area contributed by atoms with Crippen molar-refractivity contribution in [3.63, 3.8) is 0 Å². The summed E-state index contributed by atoms with van der Waals surface area (Å²) in [6.07, 6.45) is 3.14. The number of rotatable bonds is 6. The van der Waals surface area contributed by atoms with E-state index in [1.807, 2.05) is 0 Å². The molecule has 1 unspecified atom stereocenters. The Kier molecular flexibility index (Phi) is 5.43. The number of amides is 3. The fourth-order valence-corrected chi connectivity index (χ4v) is 4.08. The van der Waals surface area contributed by atoms with Gasteiger partial charge in [0.1, 0.15) is 17.3 Å². The van der Waals surface area contributed by atoms with Crippen LogP contribution in [-0.4, -0.2) is 41.9 Å². The van der Waals surface area contributed by atoms with Gasteiger partial charge in [-0.05, 0) is 56.2 Å². The molecule has 8 nitrogen and oxygen atoms in total. The normalized spacial score (nSPS) is 17.4. The zero-order valence-corrected chi connectivity index (χ0v) is 18.0. The number of benzene rings is 2. The van der Waals surface area contributed by atoms with Crippen molar-refractivity contribution in [3.05, 3.63) is 77.2 Å². The summed E-state index contributed by atoms with van der Waals surface area (Å²) >= 11 is 0. The molecule has 1 fully saturated rings. The quantitative estimate of drug-likeness (QED) is 0.564. The lowest BCUT2D eigenvalue weighted by atomic mass is 10.1. The molecule has 1 aromatic heterocycles. The van der Waals surface area contributed by atoms with E-state index >= 15 is 0 Å². The lowest BCUT2D eigenvalue weighted by molar-refractivity contribution is 0.0475. The Morgan fingerprint density at radius 2 is 1.91 bits per heavy atom. The smallest absolute Gasteiger partial charge is 0.261 e. The summed E-state index contributed by atoms with van der Waals surface area (Å²) in [7, 11) is 0. The molecule has 2 aromatic carbocycles. The van der Waals surface area contributed by atoms with Crippen molar-refractivity contribution >= 4 is 23.4 Å². The van der Waals surface area contributed by atoms with Gasteiger partial charge in [0.15, 0.2) is 0 Å². The average Bonchev–Trinajstić information content (AvgIpc) is 3.52. The first-order valence-electron chi connectivity index (χ1n) is 10.7. The van der Waals surface area contributed by atoms with Crippen LogP contribution in [0.25, 0.3) is 0 Å². The molecule has 3 aromatic rings. The number of fused-ring (bicyclic) bond motifs is 1. The van der Waals surface area contributed by atoms with Gasteiger partial charge in [0.2, 0.25) is 0 Å². The summed E-state index contributed by atoms with van der Waals surface area (Å²) in [5.41, 5.74) is 1.68. The molecule has 0 aliphatic carbocycles. The van der Waals surface area contributed by atoms with E-state index in [1.54, 1.807) is 55.5 Å². The summed E-state index contributed by atoms with van der Waals surface area (Å²) in [4.78, 5) is 39.2. The Labute approximate surface area is 190 Å². The van der Waals surface area contributed by atoms with Crippen LogP contribution < -0.4 is 10.1 Å². The molecule has 2 aliphatic rings. The van der Waals surface area contributed by atoms with Gasteiger partial charge in [-0.2, -0.15) is 0 Å². The fraction of sp³-hybridized carbons (Fsp3) is 0.240. The molecule has 1 atom stereocenters. The van der Waals surface area contributed by atoms with Crippen molar-refractivity contribution in [1.82, 2.24) is 4.90 Å². The summed E-state index contributed by atoms with van der Waals surface area (Å²) in [6.45, 7) is 2.64. The molecule has 3 heterocycles. The fourth-order valence-electron chi connectivity index (χ4n) is 4.08. The van der Waals surface area contributed by atoms with Gasteiger partial charge >= 0.3 is 0 Å². The molecule has 3 amide bonds. The molecule has 0 saturated carbocycles. The van der Waals surface area contributed by atoms with Crippen LogP contribution in [0.5, 0.6) is 11.5 Å². The summed E-state index contributed by atoms with van der Waals surface area (Å²) in [6, 6.07) is 13.3. The minimum absolute atomic E-state index is 0.105. The SMILES string of the molecule is Cc1occc1C(=O)Nc1cccc(Oc2ccc3c(c2)C(=O)N(CC2CCCO2)C3=O)c1. The van der Waals surface area contributed by atoms with Gasteiger partial charge in [-0.1, -0.05) is 6.07 Å². The van der Waals surface area contributed by atoms with Crippen molar-refractivity contribution in [2.75, 3.05) is 18.5 Å². The van der Waals surface area contributed by atoms with Crippen LogP contribution in [0.3, 0.4) is 0 Å². The van der Waals surface area contributed by atoms with Crippen LogP contribution in [0.15, 0.2) is 59.2 Å². The standard InChI is InChI=1S/C25H22N2O6/c1-15-20(9-11-31-15)23(28)26-16-4-2-5-17(12-16)33-18-7-8-21-22(13-18)25(30)27(24(21)29)14-19-6-3-10-32-19/h2,4-5,7-9,11-13,19H,3,6,10,14H2,1H3,(H,26,28). The number of nitrogens with one attached hydrogen (secondary N) is 1. The summed E-state index contributed by atoms with van der Waals surface area (Å²) in [5.74, 6) is 0.494. The molecule has 0 radical (unpaired) electrons. The van der Waals surface area contributed by atoms with Crippen molar-refractivity contribution in [2.24, 2.45) is 0 Å². The highest BCUT2D eigenvalue weighted by Crippen LogP contribution is 2.31. The summed E-state index contributed by atoms with van der Waals surface area (Å²) in [5, 5.41) is 2.81. The molecule has 168 valence electrons. The van der Waals surface area contributed by atoms with E-state index in [4.69, 9.17) is 13.9 Å². The first-order valence-corrected chi connectivity index (χ1v) is 10.7. The maximum atomic E-state index is 12.9. The third-order valence-corrected chi connectivity index (χ3v) is 5.78. The predicted molar refractivity (Wildman–Crippen MR) is 119 cm³/mol. The Hall–Kier alpha value is -3.91. The predicted octanol–water partition coefficient (Wildman–Crippen LogP) is 4.41. The Morgan fingerprint density at radius 3 is 2.67 bits per heavy atom. The number of carbonyl (C=O) groups is 3. The maximum absolute atomic E-state index is 12.9. The Balaban J connectivity index is 1.30. The number of furan rings is 1. The minimum atomic E-state index is -0.340. The first-order chi connectivity index (χ1) is 16.0. The van der Waals surface area contributed by atoms with E-state index < -0.39 is 0 Å². The van der Waals surface area contributed by atoms with Crippen LogP contribution in [0.1, 0.15) is 49.7 Å². The molecule has 1 N–H and O–H groups in total. The Morgan fingerprint density at radius 1 is 1.09 bits per heavy atom. The average molecular weight is 446 g/mol. The van der Waals surface area contributed by atoms with Gasteiger partial charge < -0.3 is 19.2 Å².